The van der Waals surface area contributed by atoms with Crippen LogP contribution in [0.1, 0.15) is 42.0 Å². The van der Waals surface area contributed by atoms with Crippen LogP contribution >= 0.6 is 0 Å². The maximum atomic E-state index is 10.7. The second kappa shape index (κ2) is 4.49. The standard InChI is InChI=1S/C13H16N4O/c1-2-16-6-3-4-11(16)13-14-12-8-10(9-18)5-7-17(12)15-13/h5,7-9,11H,2-4,6H2,1H3. The van der Waals surface area contributed by atoms with Crippen molar-refractivity contribution in [3.8, 4) is 0 Å². The molecule has 0 amide bonds. The lowest BCUT2D eigenvalue weighted by molar-refractivity contribution is 0.112. The number of rotatable bonds is 3. The van der Waals surface area contributed by atoms with E-state index in [4.69, 9.17) is 0 Å². The molecule has 5 heteroatoms. The van der Waals surface area contributed by atoms with Gasteiger partial charge < -0.3 is 0 Å². The van der Waals surface area contributed by atoms with Gasteiger partial charge in [-0.1, -0.05) is 6.92 Å². The van der Waals surface area contributed by atoms with E-state index in [2.05, 4.69) is 21.9 Å². The molecule has 1 atom stereocenters. The summed E-state index contributed by atoms with van der Waals surface area (Å²) in [4.78, 5) is 17.7. The number of nitrogens with zero attached hydrogens (tertiary/aromatic N) is 4. The topological polar surface area (TPSA) is 50.5 Å². The fraction of sp³-hybridized carbons (Fsp3) is 0.462. The third-order valence-electron chi connectivity index (χ3n) is 3.58. The van der Waals surface area contributed by atoms with E-state index in [9.17, 15) is 4.79 Å². The summed E-state index contributed by atoms with van der Waals surface area (Å²) in [6, 6.07) is 3.86. The Hall–Kier alpha value is -1.75. The summed E-state index contributed by atoms with van der Waals surface area (Å²) in [5.74, 6) is 0.873. The summed E-state index contributed by atoms with van der Waals surface area (Å²) in [6.45, 7) is 4.31. The molecule has 0 radical (unpaired) electrons. The van der Waals surface area contributed by atoms with E-state index in [0.29, 0.717) is 11.6 Å². The van der Waals surface area contributed by atoms with Crippen LogP contribution in [0.4, 0.5) is 0 Å². The van der Waals surface area contributed by atoms with Crippen molar-refractivity contribution in [2.45, 2.75) is 25.8 Å². The second-order valence-corrected chi connectivity index (χ2v) is 4.64. The molecule has 1 saturated heterocycles. The Kier molecular flexibility index (Phi) is 2.83. The van der Waals surface area contributed by atoms with Gasteiger partial charge in [-0.25, -0.2) is 9.50 Å². The fourth-order valence-corrected chi connectivity index (χ4v) is 2.63. The molecule has 0 saturated carbocycles. The maximum Gasteiger partial charge on any atom is 0.168 e. The normalized spacial score (nSPS) is 20.6. The van der Waals surface area contributed by atoms with Gasteiger partial charge in [-0.05, 0) is 38.1 Å². The molecule has 0 spiro atoms. The molecule has 1 aliphatic heterocycles. The van der Waals surface area contributed by atoms with Gasteiger partial charge in [0.2, 0.25) is 0 Å². The van der Waals surface area contributed by atoms with Crippen molar-refractivity contribution >= 4 is 11.9 Å². The molecule has 2 aromatic heterocycles. The molecular weight excluding hydrogens is 228 g/mol. The summed E-state index contributed by atoms with van der Waals surface area (Å²) < 4.78 is 1.74. The van der Waals surface area contributed by atoms with Crippen LogP contribution in [-0.2, 0) is 0 Å². The van der Waals surface area contributed by atoms with Gasteiger partial charge in [-0.15, -0.1) is 5.10 Å². The molecule has 3 rings (SSSR count). The molecule has 1 unspecified atom stereocenters. The Morgan fingerprint density at radius 2 is 2.44 bits per heavy atom. The van der Waals surface area contributed by atoms with Crippen LogP contribution in [0.2, 0.25) is 0 Å². The number of likely N-dealkylation sites (tertiary alicyclic amines) is 1. The third kappa shape index (κ3) is 1.80. The highest BCUT2D eigenvalue weighted by Gasteiger charge is 2.27. The summed E-state index contributed by atoms with van der Waals surface area (Å²) >= 11 is 0. The molecule has 2 aromatic rings. The highest BCUT2D eigenvalue weighted by Crippen LogP contribution is 2.29. The zero-order valence-electron chi connectivity index (χ0n) is 10.4. The van der Waals surface area contributed by atoms with Gasteiger partial charge in [0, 0.05) is 11.8 Å². The Bertz CT molecular complexity index is 577. The van der Waals surface area contributed by atoms with Crippen molar-refractivity contribution in [3.63, 3.8) is 0 Å². The fourth-order valence-electron chi connectivity index (χ4n) is 2.63. The Balaban J connectivity index is 2.00. The lowest BCUT2D eigenvalue weighted by atomic mass is 10.2. The van der Waals surface area contributed by atoms with Gasteiger partial charge >= 0.3 is 0 Å². The molecule has 0 aliphatic carbocycles. The monoisotopic (exact) mass is 244 g/mol. The summed E-state index contributed by atoms with van der Waals surface area (Å²) in [7, 11) is 0. The molecular formula is C13H16N4O. The third-order valence-corrected chi connectivity index (χ3v) is 3.58. The summed E-state index contributed by atoms with van der Waals surface area (Å²) in [6.07, 6.45) is 4.95. The number of aromatic nitrogens is 3. The van der Waals surface area contributed by atoms with Crippen molar-refractivity contribution in [2.75, 3.05) is 13.1 Å². The number of pyridine rings is 1. The number of hydrogen-bond donors (Lipinski definition) is 0. The van der Waals surface area contributed by atoms with Gasteiger partial charge in [-0.3, -0.25) is 9.69 Å². The van der Waals surface area contributed by atoms with Crippen molar-refractivity contribution in [1.29, 1.82) is 0 Å². The molecule has 3 heterocycles. The van der Waals surface area contributed by atoms with Crippen LogP contribution in [0.25, 0.3) is 5.65 Å². The predicted molar refractivity (Wildman–Crippen MR) is 67.6 cm³/mol. The van der Waals surface area contributed by atoms with Crippen molar-refractivity contribution in [3.05, 3.63) is 29.7 Å². The zero-order valence-corrected chi connectivity index (χ0v) is 10.4. The first-order valence-electron chi connectivity index (χ1n) is 6.37. The Labute approximate surface area is 105 Å². The van der Waals surface area contributed by atoms with Crippen molar-refractivity contribution in [2.24, 2.45) is 0 Å². The van der Waals surface area contributed by atoms with E-state index in [1.807, 2.05) is 0 Å². The van der Waals surface area contributed by atoms with E-state index < -0.39 is 0 Å². The lowest BCUT2D eigenvalue weighted by Crippen LogP contribution is -2.23. The Morgan fingerprint density at radius 3 is 3.22 bits per heavy atom. The molecule has 1 fully saturated rings. The molecule has 94 valence electrons. The molecule has 18 heavy (non-hydrogen) atoms. The number of hydrogen-bond acceptors (Lipinski definition) is 4. The van der Waals surface area contributed by atoms with Gasteiger partial charge in [0.1, 0.15) is 6.29 Å². The summed E-state index contributed by atoms with van der Waals surface area (Å²) in [5, 5.41) is 4.52. The molecule has 0 N–H and O–H groups in total. The van der Waals surface area contributed by atoms with Gasteiger partial charge in [-0.2, -0.15) is 0 Å². The van der Waals surface area contributed by atoms with E-state index in [1.54, 1.807) is 22.8 Å². The number of carbonyl (C=O) groups excluding carboxylic acids is 1. The molecule has 0 aromatic carbocycles. The van der Waals surface area contributed by atoms with Crippen molar-refractivity contribution < 1.29 is 4.79 Å². The first-order chi connectivity index (χ1) is 8.81. The Morgan fingerprint density at radius 1 is 1.56 bits per heavy atom. The van der Waals surface area contributed by atoms with Crippen LogP contribution in [0, 0.1) is 0 Å². The molecule has 0 bridgehead atoms. The van der Waals surface area contributed by atoms with Gasteiger partial charge in [0.05, 0.1) is 6.04 Å². The largest absolute Gasteiger partial charge is 0.298 e. The number of fused-ring (bicyclic) bond motifs is 1. The van der Waals surface area contributed by atoms with E-state index >= 15 is 0 Å². The SMILES string of the molecule is CCN1CCCC1c1nc2cc(C=O)ccn2n1. The number of aldehydes is 1. The maximum absolute atomic E-state index is 10.7. The predicted octanol–water partition coefficient (Wildman–Crippen LogP) is 1.70. The minimum atomic E-state index is 0.328. The summed E-state index contributed by atoms with van der Waals surface area (Å²) in [5.41, 5.74) is 1.39. The van der Waals surface area contributed by atoms with Crippen LogP contribution in [0.15, 0.2) is 18.3 Å². The minimum Gasteiger partial charge on any atom is -0.298 e. The van der Waals surface area contributed by atoms with Crippen LogP contribution < -0.4 is 0 Å². The average molecular weight is 244 g/mol. The molecule has 1 aliphatic rings. The van der Waals surface area contributed by atoms with Crippen LogP contribution in [0.5, 0.6) is 0 Å². The zero-order chi connectivity index (χ0) is 12.5. The smallest absolute Gasteiger partial charge is 0.168 e. The van der Waals surface area contributed by atoms with E-state index in [-0.39, 0.29) is 0 Å². The van der Waals surface area contributed by atoms with Gasteiger partial charge in [0.15, 0.2) is 11.5 Å². The highest BCUT2D eigenvalue weighted by molar-refractivity contribution is 5.76. The van der Waals surface area contributed by atoms with E-state index in [1.165, 1.54) is 6.42 Å². The van der Waals surface area contributed by atoms with Crippen molar-refractivity contribution in [1.82, 2.24) is 19.5 Å². The van der Waals surface area contributed by atoms with Crippen LogP contribution in [0.3, 0.4) is 0 Å². The second-order valence-electron chi connectivity index (χ2n) is 4.64. The first-order valence-corrected chi connectivity index (χ1v) is 6.37. The van der Waals surface area contributed by atoms with E-state index in [0.717, 1.165) is 37.3 Å². The number of carbonyl (C=O) groups is 1. The average Bonchev–Trinajstić information content (AvgIpc) is 3.03. The van der Waals surface area contributed by atoms with Crippen LogP contribution in [-0.4, -0.2) is 38.9 Å². The minimum absolute atomic E-state index is 0.328. The highest BCUT2D eigenvalue weighted by atomic mass is 16.1. The lowest BCUT2D eigenvalue weighted by Gasteiger charge is -2.19. The molecule has 5 nitrogen and oxygen atoms in total. The first kappa shape index (κ1) is 11.3. The van der Waals surface area contributed by atoms with Gasteiger partial charge in [0.25, 0.3) is 0 Å². The quantitative estimate of drug-likeness (QED) is 0.771.